The second kappa shape index (κ2) is 23.8. The van der Waals surface area contributed by atoms with E-state index in [4.69, 9.17) is 24.7 Å². The Balaban J connectivity index is 1.73. The van der Waals surface area contributed by atoms with E-state index in [1.807, 2.05) is 6.92 Å². The van der Waals surface area contributed by atoms with Gasteiger partial charge < -0.3 is 50.8 Å². The number of primary amides is 1. The smallest absolute Gasteiger partial charge is 0.405 e. The van der Waals surface area contributed by atoms with Gasteiger partial charge in [-0.05, 0) is 74.8 Å². The molecule has 0 saturated heterocycles. The standard InChI is InChI=1S/C44H60N4O11/c1-26-21-31-39(47-20-11-9-8-10-19-46-38(51)18-16-30-15-17-33(49)36(24-30)57-6)34(50)25-32(41(31)53)48-43(54)27(2)13-12-14-35(56-5)42(59-44(45)55)29(4)23-28(3)40(52)37(22-26)58-7/h12-18,23-26,28,35,37,40,42,47,49,52H,8-11,19-22H2,1-7H3,(H2,45,55)(H,46,51)(H,48,54)/b14-12-,18-16+,27-13+,29-23+/t26-,28+,35+,37+,40-,42+/m1/s1. The maximum Gasteiger partial charge on any atom is 0.405 e. The first kappa shape index (κ1) is 47.9. The first-order valence-electron chi connectivity index (χ1n) is 19.7. The lowest BCUT2D eigenvalue weighted by atomic mass is 9.85. The number of phenols is 1. The Bertz CT molecular complexity index is 1860. The number of amides is 3. The third-order valence-corrected chi connectivity index (χ3v) is 10.1. The third kappa shape index (κ3) is 14.7. The molecule has 7 N–H and O–H groups in total. The van der Waals surface area contributed by atoms with E-state index in [2.05, 4.69) is 16.0 Å². The highest BCUT2D eigenvalue weighted by molar-refractivity contribution is 6.23. The number of nitrogens with one attached hydrogen (secondary N) is 3. The van der Waals surface area contributed by atoms with Gasteiger partial charge in [-0.15, -0.1) is 0 Å². The molecule has 59 heavy (non-hydrogen) atoms. The Morgan fingerprint density at radius 2 is 1.73 bits per heavy atom. The van der Waals surface area contributed by atoms with Crippen molar-refractivity contribution in [3.8, 4) is 11.5 Å². The number of Topliss-reactive ketones (excluding diaryl/α,β-unsaturated/α-hetero) is 1. The number of aromatic hydroxyl groups is 1. The van der Waals surface area contributed by atoms with Gasteiger partial charge in [-0.3, -0.25) is 19.2 Å². The Labute approximate surface area is 346 Å². The van der Waals surface area contributed by atoms with E-state index in [-0.39, 0.29) is 46.5 Å². The normalized spacial score (nSPS) is 25.9. The second-order valence-electron chi connectivity index (χ2n) is 14.8. The molecule has 0 saturated carbocycles. The van der Waals surface area contributed by atoms with Gasteiger partial charge in [0, 0.05) is 56.5 Å². The van der Waals surface area contributed by atoms with Gasteiger partial charge in [-0.25, -0.2) is 4.79 Å². The number of benzene rings is 1. The van der Waals surface area contributed by atoms with Crippen molar-refractivity contribution in [1.29, 1.82) is 0 Å². The lowest BCUT2D eigenvalue weighted by molar-refractivity contribution is -0.120. The van der Waals surface area contributed by atoms with E-state index in [0.717, 1.165) is 25.3 Å². The number of hydrogen-bond donors (Lipinski definition) is 6. The van der Waals surface area contributed by atoms with E-state index in [0.29, 0.717) is 42.8 Å². The summed E-state index contributed by atoms with van der Waals surface area (Å²) in [6.45, 7) is 7.85. The lowest BCUT2D eigenvalue weighted by Gasteiger charge is -2.30. The van der Waals surface area contributed by atoms with Crippen LogP contribution in [-0.2, 0) is 33.4 Å². The summed E-state index contributed by atoms with van der Waals surface area (Å²) in [7, 11) is 4.36. The summed E-state index contributed by atoms with van der Waals surface area (Å²) in [4.78, 5) is 64.9. The number of allylic oxidation sites excluding steroid dienone is 4. The molecule has 1 aromatic carbocycles. The molecule has 322 valence electrons. The SMILES string of the molecule is COc1cc(/C=C/C(=O)NCCCCCCNC2=C3C[C@@H](C)C[C@H](OC)[C@H](O)[C@@H](C)/C=C(\C)[C@H](OC(N)=O)[C@@H](OC)/C=C\C=C(/C)C(=O)NC(=CC2=O)C3=O)ccc1O. The number of ketones is 2. The summed E-state index contributed by atoms with van der Waals surface area (Å²) < 4.78 is 21.8. The largest absolute Gasteiger partial charge is 0.504 e. The Morgan fingerprint density at radius 1 is 1.02 bits per heavy atom. The molecule has 15 heteroatoms. The highest BCUT2D eigenvalue weighted by Gasteiger charge is 2.33. The van der Waals surface area contributed by atoms with Crippen LogP contribution in [0.15, 0.2) is 82.8 Å². The monoisotopic (exact) mass is 820 g/mol. The molecule has 0 aromatic heterocycles. The number of aliphatic hydroxyl groups excluding tert-OH is 1. The zero-order chi connectivity index (χ0) is 43.6. The predicted octanol–water partition coefficient (Wildman–Crippen LogP) is 4.46. The molecular weight excluding hydrogens is 761 g/mol. The molecule has 0 unspecified atom stereocenters. The highest BCUT2D eigenvalue weighted by atomic mass is 16.6. The van der Waals surface area contributed by atoms with Crippen LogP contribution in [0.4, 0.5) is 4.79 Å². The molecule has 6 atom stereocenters. The summed E-state index contributed by atoms with van der Waals surface area (Å²) in [5, 5.41) is 29.8. The van der Waals surface area contributed by atoms with Crippen LogP contribution in [0, 0.1) is 11.8 Å². The number of methoxy groups -OCH3 is 3. The van der Waals surface area contributed by atoms with Crippen LogP contribution in [-0.4, -0.2) is 98.5 Å². The highest BCUT2D eigenvalue weighted by Crippen LogP contribution is 2.29. The first-order chi connectivity index (χ1) is 28.1. The van der Waals surface area contributed by atoms with E-state index in [1.165, 1.54) is 39.5 Å². The number of carbonyl (C=O) groups is 5. The third-order valence-electron chi connectivity index (χ3n) is 10.1. The van der Waals surface area contributed by atoms with Gasteiger partial charge in [0.2, 0.25) is 17.5 Å². The topological polar surface area (TPSA) is 225 Å². The van der Waals surface area contributed by atoms with Crippen molar-refractivity contribution in [3.63, 3.8) is 0 Å². The van der Waals surface area contributed by atoms with E-state index < -0.39 is 53.9 Å². The van der Waals surface area contributed by atoms with Gasteiger partial charge in [0.05, 0.1) is 30.7 Å². The van der Waals surface area contributed by atoms with Crippen molar-refractivity contribution in [3.05, 3.63) is 88.3 Å². The number of fused-ring (bicyclic) bond motifs is 2. The molecule has 0 spiro atoms. The zero-order valence-electron chi connectivity index (χ0n) is 35.0. The molecule has 3 amide bonds. The van der Waals surface area contributed by atoms with Crippen LogP contribution in [0.1, 0.15) is 71.8 Å². The number of phenolic OH excluding ortho intramolecular Hbond substituents is 1. The number of ether oxygens (including phenoxy) is 4. The summed E-state index contributed by atoms with van der Waals surface area (Å²) in [5.74, 6) is -2.18. The van der Waals surface area contributed by atoms with Gasteiger partial charge >= 0.3 is 6.09 Å². The minimum Gasteiger partial charge on any atom is -0.504 e. The number of carbonyl (C=O) groups excluding carboxylic acids is 5. The van der Waals surface area contributed by atoms with Gasteiger partial charge in [-0.2, -0.15) is 0 Å². The van der Waals surface area contributed by atoms with Crippen molar-refractivity contribution in [1.82, 2.24) is 16.0 Å². The molecule has 2 bridgehead atoms. The Kier molecular flexibility index (Phi) is 19.3. The molecule has 1 aliphatic carbocycles. The Hall–Kier alpha value is -5.51. The van der Waals surface area contributed by atoms with Crippen molar-refractivity contribution < 1.29 is 53.1 Å². The van der Waals surface area contributed by atoms with Crippen molar-refractivity contribution in [2.24, 2.45) is 17.6 Å². The quantitative estimate of drug-likeness (QED) is 0.0663. The van der Waals surface area contributed by atoms with Crippen molar-refractivity contribution >= 4 is 35.6 Å². The zero-order valence-corrected chi connectivity index (χ0v) is 35.0. The van der Waals surface area contributed by atoms with E-state index in [9.17, 15) is 34.2 Å². The number of aliphatic hydroxyl groups is 1. The van der Waals surface area contributed by atoms with Gasteiger partial charge in [0.15, 0.2) is 17.6 Å². The molecule has 1 heterocycles. The fraction of sp³-hybridized carbons (Fsp3) is 0.477. The number of rotatable bonds is 14. The number of hydrogen-bond acceptors (Lipinski definition) is 12. The van der Waals surface area contributed by atoms with Crippen molar-refractivity contribution in [2.45, 2.75) is 90.6 Å². The maximum atomic E-state index is 14.0. The van der Waals surface area contributed by atoms with Crippen LogP contribution in [0.5, 0.6) is 11.5 Å². The van der Waals surface area contributed by atoms with Gasteiger partial charge in [0.1, 0.15) is 6.10 Å². The summed E-state index contributed by atoms with van der Waals surface area (Å²) in [6.07, 6.45) is 9.64. The molecule has 3 rings (SSSR count). The second-order valence-corrected chi connectivity index (χ2v) is 14.8. The molecule has 0 fully saturated rings. The van der Waals surface area contributed by atoms with Crippen LogP contribution < -0.4 is 26.4 Å². The van der Waals surface area contributed by atoms with Crippen molar-refractivity contribution in [2.75, 3.05) is 34.4 Å². The van der Waals surface area contributed by atoms with Crippen LogP contribution in [0.2, 0.25) is 0 Å². The summed E-state index contributed by atoms with van der Waals surface area (Å²) in [5.41, 5.74) is 7.13. The number of nitrogens with two attached hydrogens (primary N) is 1. The fourth-order valence-electron chi connectivity index (χ4n) is 6.84. The van der Waals surface area contributed by atoms with Crippen LogP contribution in [0.3, 0.4) is 0 Å². The molecule has 15 nitrogen and oxygen atoms in total. The predicted molar refractivity (Wildman–Crippen MR) is 223 cm³/mol. The van der Waals surface area contributed by atoms with Crippen LogP contribution in [0.25, 0.3) is 6.08 Å². The van der Waals surface area contributed by atoms with E-state index >= 15 is 0 Å². The molecular formula is C44H60N4O11. The van der Waals surface area contributed by atoms with Crippen LogP contribution >= 0.6 is 0 Å². The summed E-state index contributed by atoms with van der Waals surface area (Å²) in [6, 6.07) is 4.79. The average molecular weight is 821 g/mol. The molecule has 1 aliphatic heterocycles. The minimum atomic E-state index is -1.01. The summed E-state index contributed by atoms with van der Waals surface area (Å²) >= 11 is 0. The minimum absolute atomic E-state index is 0.0143. The van der Waals surface area contributed by atoms with E-state index in [1.54, 1.807) is 57.2 Å². The van der Waals surface area contributed by atoms with Gasteiger partial charge in [-0.1, -0.05) is 57.1 Å². The lowest BCUT2D eigenvalue weighted by Crippen LogP contribution is -2.38. The van der Waals surface area contributed by atoms with Gasteiger partial charge in [0.25, 0.3) is 5.91 Å². The maximum absolute atomic E-state index is 14.0. The number of unbranched alkanes of at least 4 members (excludes halogenated alkanes) is 3. The molecule has 1 aromatic rings. The Morgan fingerprint density at radius 3 is 2.39 bits per heavy atom. The first-order valence-corrected chi connectivity index (χ1v) is 19.7. The average Bonchev–Trinajstić information content (AvgIpc) is 3.20. The molecule has 0 radical (unpaired) electrons. The molecule has 2 aliphatic rings. The fourth-order valence-corrected chi connectivity index (χ4v) is 6.84.